The van der Waals surface area contributed by atoms with Gasteiger partial charge in [0.15, 0.2) is 0 Å². The molecule has 0 spiro atoms. The third-order valence-electron chi connectivity index (χ3n) is 5.71. The predicted octanol–water partition coefficient (Wildman–Crippen LogP) is 1.55. The van der Waals surface area contributed by atoms with Crippen LogP contribution in [0.5, 0.6) is 0 Å². The fourth-order valence-corrected chi connectivity index (χ4v) is 4.15. The molecule has 146 valence electrons. The molecule has 2 saturated heterocycles. The van der Waals surface area contributed by atoms with E-state index in [0.717, 1.165) is 35.2 Å². The summed E-state index contributed by atoms with van der Waals surface area (Å²) in [6.07, 6.45) is 3.51. The van der Waals surface area contributed by atoms with Gasteiger partial charge in [0.2, 0.25) is 5.91 Å². The lowest BCUT2D eigenvalue weighted by Gasteiger charge is -2.43. The van der Waals surface area contributed by atoms with Crippen molar-refractivity contribution in [1.29, 1.82) is 0 Å². The molecule has 1 atom stereocenters. The summed E-state index contributed by atoms with van der Waals surface area (Å²) in [5.41, 5.74) is 3.30. The molecule has 7 nitrogen and oxygen atoms in total. The average molecular weight is 387 g/mol. The molecule has 2 aromatic heterocycles. The molecule has 4 heterocycles. The van der Waals surface area contributed by atoms with Crippen LogP contribution in [0.1, 0.15) is 10.4 Å². The minimum atomic E-state index is -0.242. The molecule has 2 fully saturated rings. The first-order valence-corrected chi connectivity index (χ1v) is 9.82. The number of nitrogens with one attached hydrogen (secondary N) is 1. The molecular formula is C22H21N5O2. The molecular weight excluding hydrogens is 366 g/mol. The van der Waals surface area contributed by atoms with E-state index in [9.17, 15) is 9.59 Å². The molecule has 29 heavy (non-hydrogen) atoms. The molecule has 0 aliphatic carbocycles. The van der Waals surface area contributed by atoms with E-state index in [4.69, 9.17) is 0 Å². The van der Waals surface area contributed by atoms with E-state index < -0.39 is 0 Å². The first kappa shape index (κ1) is 17.8. The molecule has 0 bridgehead atoms. The summed E-state index contributed by atoms with van der Waals surface area (Å²) in [7, 11) is 0. The van der Waals surface area contributed by atoms with Gasteiger partial charge in [0.05, 0.1) is 11.2 Å². The number of benzene rings is 1. The van der Waals surface area contributed by atoms with Crippen molar-refractivity contribution in [3.63, 3.8) is 0 Å². The molecule has 2 aliphatic heterocycles. The lowest BCUT2D eigenvalue weighted by molar-refractivity contribution is -0.131. The maximum Gasteiger partial charge on any atom is 0.253 e. The third kappa shape index (κ3) is 3.23. The summed E-state index contributed by atoms with van der Waals surface area (Å²) in [6, 6.07) is 13.1. The van der Waals surface area contributed by atoms with Gasteiger partial charge < -0.3 is 10.2 Å². The highest BCUT2D eigenvalue weighted by Crippen LogP contribution is 2.26. The molecule has 1 N–H and O–H groups in total. The number of carbonyl (C=O) groups is 2. The number of hydrogen-bond acceptors (Lipinski definition) is 5. The standard InChI is InChI=1S/C22H21N5O2/c28-21-19-14-27(13-12-26(19)11-10-25-21)22(29)16-5-3-15(4-6-16)20-17-2-1-8-23-18(17)7-9-24-20/h1-9,19H,10-14H2,(H,25,28). The minimum absolute atomic E-state index is 0.0136. The molecule has 0 saturated carbocycles. The van der Waals surface area contributed by atoms with E-state index in [0.29, 0.717) is 25.2 Å². The lowest BCUT2D eigenvalue weighted by Crippen LogP contribution is -2.64. The minimum Gasteiger partial charge on any atom is -0.353 e. The zero-order valence-corrected chi connectivity index (χ0v) is 15.9. The maximum atomic E-state index is 13.0. The van der Waals surface area contributed by atoms with Gasteiger partial charge in [-0.25, -0.2) is 0 Å². The van der Waals surface area contributed by atoms with Gasteiger partial charge in [0.25, 0.3) is 5.91 Å². The van der Waals surface area contributed by atoms with Crippen LogP contribution in [0.4, 0.5) is 0 Å². The largest absolute Gasteiger partial charge is 0.353 e. The summed E-state index contributed by atoms with van der Waals surface area (Å²) in [6.45, 7) is 3.33. The van der Waals surface area contributed by atoms with E-state index in [1.807, 2.05) is 42.5 Å². The second kappa shape index (κ2) is 7.25. The number of rotatable bonds is 2. The van der Waals surface area contributed by atoms with Crippen LogP contribution in [-0.4, -0.2) is 70.3 Å². The molecule has 3 aromatic rings. The number of carbonyl (C=O) groups excluding carboxylic acids is 2. The molecule has 2 aliphatic rings. The van der Waals surface area contributed by atoms with Crippen molar-refractivity contribution in [3.8, 4) is 11.3 Å². The zero-order valence-electron chi connectivity index (χ0n) is 15.9. The summed E-state index contributed by atoms with van der Waals surface area (Å²) in [4.78, 5) is 38.0. The lowest BCUT2D eigenvalue weighted by atomic mass is 10.0. The van der Waals surface area contributed by atoms with Crippen molar-refractivity contribution >= 4 is 22.7 Å². The number of hydrogen-bond donors (Lipinski definition) is 1. The number of amides is 2. The van der Waals surface area contributed by atoms with Crippen molar-refractivity contribution < 1.29 is 9.59 Å². The topological polar surface area (TPSA) is 78.4 Å². The van der Waals surface area contributed by atoms with Crippen LogP contribution >= 0.6 is 0 Å². The molecule has 1 aromatic carbocycles. The quantitative estimate of drug-likeness (QED) is 0.722. The Morgan fingerprint density at radius 1 is 1.00 bits per heavy atom. The van der Waals surface area contributed by atoms with Crippen molar-refractivity contribution in [1.82, 2.24) is 25.1 Å². The van der Waals surface area contributed by atoms with Crippen LogP contribution < -0.4 is 5.32 Å². The van der Waals surface area contributed by atoms with Crippen molar-refractivity contribution in [2.75, 3.05) is 32.7 Å². The Balaban J connectivity index is 1.37. The number of pyridine rings is 2. The summed E-state index contributed by atoms with van der Waals surface area (Å²) in [5, 5.41) is 3.87. The molecule has 1 unspecified atom stereocenters. The van der Waals surface area contributed by atoms with Gasteiger partial charge in [-0.3, -0.25) is 24.5 Å². The van der Waals surface area contributed by atoms with E-state index in [1.54, 1.807) is 17.3 Å². The van der Waals surface area contributed by atoms with E-state index in [2.05, 4.69) is 20.2 Å². The Morgan fingerprint density at radius 3 is 2.72 bits per heavy atom. The Morgan fingerprint density at radius 2 is 1.86 bits per heavy atom. The van der Waals surface area contributed by atoms with Crippen LogP contribution in [0.3, 0.4) is 0 Å². The van der Waals surface area contributed by atoms with Crippen LogP contribution in [0.25, 0.3) is 22.2 Å². The second-order valence-electron chi connectivity index (χ2n) is 7.40. The van der Waals surface area contributed by atoms with Crippen LogP contribution in [0.15, 0.2) is 54.9 Å². The van der Waals surface area contributed by atoms with E-state index >= 15 is 0 Å². The Hall–Kier alpha value is -3.32. The normalized spacial score (nSPS) is 19.7. The van der Waals surface area contributed by atoms with E-state index in [1.165, 1.54) is 0 Å². The zero-order chi connectivity index (χ0) is 19.8. The highest BCUT2D eigenvalue weighted by molar-refractivity contribution is 5.97. The first-order chi connectivity index (χ1) is 14.2. The van der Waals surface area contributed by atoms with Gasteiger partial charge in [-0.15, -0.1) is 0 Å². The Labute approximate surface area is 168 Å². The van der Waals surface area contributed by atoms with Crippen LogP contribution in [0, 0.1) is 0 Å². The molecule has 0 radical (unpaired) electrons. The van der Waals surface area contributed by atoms with Gasteiger partial charge in [0, 0.05) is 61.6 Å². The van der Waals surface area contributed by atoms with Crippen molar-refractivity contribution in [2.45, 2.75) is 6.04 Å². The summed E-state index contributed by atoms with van der Waals surface area (Å²) < 4.78 is 0. The van der Waals surface area contributed by atoms with Gasteiger partial charge in [-0.05, 0) is 30.3 Å². The highest BCUT2D eigenvalue weighted by atomic mass is 16.2. The van der Waals surface area contributed by atoms with Gasteiger partial charge in [0.1, 0.15) is 6.04 Å². The number of piperazine rings is 2. The van der Waals surface area contributed by atoms with Crippen LogP contribution in [0.2, 0.25) is 0 Å². The second-order valence-corrected chi connectivity index (χ2v) is 7.40. The molecule has 2 amide bonds. The average Bonchev–Trinajstić information content (AvgIpc) is 2.78. The molecule has 7 heteroatoms. The van der Waals surface area contributed by atoms with Gasteiger partial charge in [-0.2, -0.15) is 0 Å². The maximum absolute atomic E-state index is 13.0. The van der Waals surface area contributed by atoms with Gasteiger partial charge >= 0.3 is 0 Å². The van der Waals surface area contributed by atoms with Crippen molar-refractivity contribution in [2.24, 2.45) is 0 Å². The summed E-state index contributed by atoms with van der Waals surface area (Å²) in [5.74, 6) is -0.0261. The van der Waals surface area contributed by atoms with Crippen molar-refractivity contribution in [3.05, 3.63) is 60.4 Å². The first-order valence-electron chi connectivity index (χ1n) is 9.82. The van der Waals surface area contributed by atoms with E-state index in [-0.39, 0.29) is 17.9 Å². The number of aromatic nitrogens is 2. The van der Waals surface area contributed by atoms with Crippen LogP contribution in [-0.2, 0) is 4.79 Å². The summed E-state index contributed by atoms with van der Waals surface area (Å²) >= 11 is 0. The highest BCUT2D eigenvalue weighted by Gasteiger charge is 2.36. The predicted molar refractivity (Wildman–Crippen MR) is 109 cm³/mol. The van der Waals surface area contributed by atoms with Gasteiger partial charge in [-0.1, -0.05) is 12.1 Å². The third-order valence-corrected chi connectivity index (χ3v) is 5.71. The number of fused-ring (bicyclic) bond motifs is 2. The molecule has 5 rings (SSSR count). The SMILES string of the molecule is O=C1NCCN2CCN(C(=O)c3ccc(-c4nccc5ncccc45)cc3)CC12. The fourth-order valence-electron chi connectivity index (χ4n) is 4.15. The fraction of sp³-hybridized carbons (Fsp3) is 0.273. The Bertz CT molecular complexity index is 1080. The Kier molecular flexibility index (Phi) is 4.44. The number of nitrogens with zero attached hydrogens (tertiary/aromatic N) is 4. The smallest absolute Gasteiger partial charge is 0.253 e. The monoisotopic (exact) mass is 387 g/mol.